The second-order valence-corrected chi connectivity index (χ2v) is 2.50. The van der Waals surface area contributed by atoms with Crippen molar-refractivity contribution in [2.45, 2.75) is 6.10 Å². The van der Waals surface area contributed by atoms with E-state index in [4.69, 9.17) is 16.7 Å². The number of halogens is 2. The molecule has 0 heterocycles. The molecule has 1 aromatic rings. The monoisotopic (exact) mass is 174 g/mol. The van der Waals surface area contributed by atoms with Crippen LogP contribution in [0.4, 0.5) is 4.39 Å². The van der Waals surface area contributed by atoms with Crippen molar-refractivity contribution in [1.29, 1.82) is 0 Å². The van der Waals surface area contributed by atoms with E-state index < -0.39 is 11.9 Å². The van der Waals surface area contributed by atoms with Crippen LogP contribution in [0.15, 0.2) is 24.3 Å². The molecular weight excluding hydrogens is 167 g/mol. The third-order valence-electron chi connectivity index (χ3n) is 1.41. The third kappa shape index (κ3) is 1.91. The molecule has 1 rings (SSSR count). The molecule has 0 aliphatic rings. The van der Waals surface area contributed by atoms with Crippen LogP contribution >= 0.6 is 11.6 Å². The van der Waals surface area contributed by atoms with Crippen molar-refractivity contribution >= 4 is 11.6 Å². The summed E-state index contributed by atoms with van der Waals surface area (Å²) in [5.41, 5.74) is 0.252. The SMILES string of the molecule is O[C@@H](CCl)c1ccccc1F. The molecule has 60 valence electrons. The molecule has 0 radical (unpaired) electrons. The Morgan fingerprint density at radius 1 is 1.45 bits per heavy atom. The van der Waals surface area contributed by atoms with Crippen LogP contribution in [0.1, 0.15) is 11.7 Å². The molecular formula is C8H8ClFO. The molecule has 0 aliphatic heterocycles. The fourth-order valence-corrected chi connectivity index (χ4v) is 0.995. The van der Waals surface area contributed by atoms with Crippen LogP contribution < -0.4 is 0 Å². The van der Waals surface area contributed by atoms with Crippen molar-refractivity contribution in [2.24, 2.45) is 0 Å². The Hall–Kier alpha value is -0.600. The average Bonchev–Trinajstić information content (AvgIpc) is 2.04. The Kier molecular flexibility index (Phi) is 2.85. The Labute approximate surface area is 69.4 Å². The number of hydrogen-bond acceptors (Lipinski definition) is 1. The highest BCUT2D eigenvalue weighted by molar-refractivity contribution is 6.18. The summed E-state index contributed by atoms with van der Waals surface area (Å²) in [6.07, 6.45) is -0.905. The minimum atomic E-state index is -0.905. The lowest BCUT2D eigenvalue weighted by Crippen LogP contribution is -2.00. The third-order valence-corrected chi connectivity index (χ3v) is 1.70. The van der Waals surface area contributed by atoms with Gasteiger partial charge in [-0.2, -0.15) is 0 Å². The van der Waals surface area contributed by atoms with Crippen molar-refractivity contribution in [1.82, 2.24) is 0 Å². The van der Waals surface area contributed by atoms with Crippen LogP contribution in [0.3, 0.4) is 0 Å². The Balaban J connectivity index is 2.93. The highest BCUT2D eigenvalue weighted by Crippen LogP contribution is 2.16. The van der Waals surface area contributed by atoms with Crippen LogP contribution in [0.2, 0.25) is 0 Å². The lowest BCUT2D eigenvalue weighted by Gasteiger charge is -2.06. The van der Waals surface area contributed by atoms with E-state index in [1.54, 1.807) is 12.1 Å². The van der Waals surface area contributed by atoms with Gasteiger partial charge in [-0.3, -0.25) is 0 Å². The zero-order valence-electron chi connectivity index (χ0n) is 5.80. The van der Waals surface area contributed by atoms with Gasteiger partial charge in [-0.05, 0) is 6.07 Å². The molecule has 0 spiro atoms. The average molecular weight is 175 g/mol. The maximum absolute atomic E-state index is 12.8. The Morgan fingerprint density at radius 3 is 2.64 bits per heavy atom. The first-order valence-corrected chi connectivity index (χ1v) is 3.77. The van der Waals surface area contributed by atoms with Gasteiger partial charge < -0.3 is 5.11 Å². The van der Waals surface area contributed by atoms with E-state index in [0.717, 1.165) is 0 Å². The van der Waals surface area contributed by atoms with Crippen molar-refractivity contribution < 1.29 is 9.50 Å². The number of hydrogen-bond donors (Lipinski definition) is 1. The summed E-state index contributed by atoms with van der Waals surface area (Å²) in [4.78, 5) is 0. The number of benzene rings is 1. The first kappa shape index (κ1) is 8.50. The van der Waals surface area contributed by atoms with Gasteiger partial charge in [0.05, 0.1) is 12.0 Å². The molecule has 1 atom stereocenters. The van der Waals surface area contributed by atoms with E-state index in [1.807, 2.05) is 0 Å². The lowest BCUT2D eigenvalue weighted by atomic mass is 10.1. The predicted molar refractivity (Wildman–Crippen MR) is 42.1 cm³/mol. The molecule has 0 saturated heterocycles. The van der Waals surface area contributed by atoms with Crippen molar-refractivity contribution in [3.63, 3.8) is 0 Å². The van der Waals surface area contributed by atoms with Gasteiger partial charge in [0.1, 0.15) is 5.82 Å². The van der Waals surface area contributed by atoms with Crippen LogP contribution in [-0.2, 0) is 0 Å². The predicted octanol–water partition coefficient (Wildman–Crippen LogP) is 2.10. The van der Waals surface area contributed by atoms with Gasteiger partial charge in [0.2, 0.25) is 0 Å². The van der Waals surface area contributed by atoms with Crippen molar-refractivity contribution in [2.75, 3.05) is 5.88 Å². The largest absolute Gasteiger partial charge is 0.387 e. The normalized spacial score (nSPS) is 13.0. The zero-order chi connectivity index (χ0) is 8.27. The molecule has 0 fully saturated rings. The van der Waals surface area contributed by atoms with E-state index >= 15 is 0 Å². The summed E-state index contributed by atoms with van der Waals surface area (Å²) in [5, 5.41) is 9.14. The van der Waals surface area contributed by atoms with E-state index in [1.165, 1.54) is 12.1 Å². The van der Waals surface area contributed by atoms with Crippen molar-refractivity contribution in [3.05, 3.63) is 35.6 Å². The molecule has 0 saturated carbocycles. The maximum Gasteiger partial charge on any atom is 0.129 e. The molecule has 1 nitrogen and oxygen atoms in total. The number of aliphatic hydroxyl groups excluding tert-OH is 1. The topological polar surface area (TPSA) is 20.2 Å². The molecule has 0 aliphatic carbocycles. The summed E-state index contributed by atoms with van der Waals surface area (Å²) in [6, 6.07) is 6.04. The van der Waals surface area contributed by atoms with Gasteiger partial charge in [0.15, 0.2) is 0 Å². The summed E-state index contributed by atoms with van der Waals surface area (Å²) in [7, 11) is 0. The molecule has 1 N–H and O–H groups in total. The Morgan fingerprint density at radius 2 is 2.09 bits per heavy atom. The maximum atomic E-state index is 12.8. The van der Waals surface area contributed by atoms with E-state index in [0.29, 0.717) is 0 Å². The van der Waals surface area contributed by atoms with Gasteiger partial charge in [-0.25, -0.2) is 4.39 Å². The van der Waals surface area contributed by atoms with Gasteiger partial charge in [0.25, 0.3) is 0 Å². The second-order valence-electron chi connectivity index (χ2n) is 2.19. The van der Waals surface area contributed by atoms with Gasteiger partial charge in [-0.15, -0.1) is 11.6 Å². The second kappa shape index (κ2) is 3.69. The summed E-state index contributed by atoms with van der Waals surface area (Å²) < 4.78 is 12.8. The van der Waals surface area contributed by atoms with Gasteiger partial charge in [-0.1, -0.05) is 18.2 Å². The van der Waals surface area contributed by atoms with Crippen molar-refractivity contribution in [3.8, 4) is 0 Å². The molecule has 1 aromatic carbocycles. The van der Waals surface area contributed by atoms with E-state index in [9.17, 15) is 4.39 Å². The fraction of sp³-hybridized carbons (Fsp3) is 0.250. The minimum absolute atomic E-state index is 0.0148. The molecule has 0 aromatic heterocycles. The molecule has 0 amide bonds. The first-order chi connectivity index (χ1) is 5.25. The zero-order valence-corrected chi connectivity index (χ0v) is 6.55. The lowest BCUT2D eigenvalue weighted by molar-refractivity contribution is 0.197. The van der Waals surface area contributed by atoms with E-state index in [2.05, 4.69) is 0 Å². The molecule has 0 unspecified atom stereocenters. The standard InChI is InChI=1S/C8H8ClFO/c9-5-8(11)6-3-1-2-4-7(6)10/h1-4,8,11H,5H2/t8-/m0/s1. The smallest absolute Gasteiger partial charge is 0.129 e. The highest BCUT2D eigenvalue weighted by atomic mass is 35.5. The van der Waals surface area contributed by atoms with Gasteiger partial charge >= 0.3 is 0 Å². The summed E-state index contributed by atoms with van der Waals surface area (Å²) in [6.45, 7) is 0. The minimum Gasteiger partial charge on any atom is -0.387 e. The molecule has 3 heteroatoms. The van der Waals surface area contributed by atoms with Crippen LogP contribution in [0, 0.1) is 5.82 Å². The quantitative estimate of drug-likeness (QED) is 0.681. The van der Waals surface area contributed by atoms with Crippen LogP contribution in [0.5, 0.6) is 0 Å². The van der Waals surface area contributed by atoms with Crippen LogP contribution in [0.25, 0.3) is 0 Å². The number of aliphatic hydroxyl groups is 1. The first-order valence-electron chi connectivity index (χ1n) is 3.24. The number of alkyl halides is 1. The highest BCUT2D eigenvalue weighted by Gasteiger charge is 2.09. The van der Waals surface area contributed by atoms with Crippen LogP contribution in [-0.4, -0.2) is 11.0 Å². The molecule has 11 heavy (non-hydrogen) atoms. The van der Waals surface area contributed by atoms with Gasteiger partial charge in [0, 0.05) is 5.56 Å². The Bertz CT molecular complexity index is 239. The summed E-state index contributed by atoms with van der Waals surface area (Å²) >= 11 is 5.34. The van der Waals surface area contributed by atoms with E-state index in [-0.39, 0.29) is 11.4 Å². The summed E-state index contributed by atoms with van der Waals surface area (Å²) in [5.74, 6) is -0.401. The number of rotatable bonds is 2. The fourth-order valence-electron chi connectivity index (χ4n) is 0.828. The molecule has 0 bridgehead atoms.